The van der Waals surface area contributed by atoms with E-state index in [0.717, 1.165) is 0 Å². The molecule has 5 nitrogen and oxygen atoms in total. The SMILES string of the molecule is CCS(=O)(=O)Nc1ccc(Cl)nc1C#N. The lowest BCUT2D eigenvalue weighted by atomic mass is 10.3. The van der Waals surface area contributed by atoms with Crippen LogP contribution in [-0.4, -0.2) is 19.2 Å². The zero-order valence-electron chi connectivity index (χ0n) is 7.86. The Hall–Kier alpha value is -1.32. The zero-order valence-corrected chi connectivity index (χ0v) is 9.43. The molecule has 0 amide bonds. The highest BCUT2D eigenvalue weighted by Crippen LogP contribution is 2.17. The molecule has 0 fully saturated rings. The molecule has 7 heteroatoms. The van der Waals surface area contributed by atoms with Gasteiger partial charge in [-0.3, -0.25) is 4.72 Å². The summed E-state index contributed by atoms with van der Waals surface area (Å²) >= 11 is 5.56. The molecule has 0 radical (unpaired) electrons. The van der Waals surface area contributed by atoms with Gasteiger partial charge in [0.25, 0.3) is 0 Å². The van der Waals surface area contributed by atoms with E-state index in [2.05, 4.69) is 9.71 Å². The number of hydrogen-bond acceptors (Lipinski definition) is 4. The van der Waals surface area contributed by atoms with Gasteiger partial charge in [-0.2, -0.15) is 5.26 Å². The molecule has 0 unspecified atom stereocenters. The second-order valence-corrected chi connectivity index (χ2v) is 5.05. The molecule has 0 aliphatic rings. The van der Waals surface area contributed by atoms with Crippen molar-refractivity contribution < 1.29 is 8.42 Å². The highest BCUT2D eigenvalue weighted by atomic mass is 35.5. The average molecular weight is 246 g/mol. The first-order valence-corrected chi connectivity index (χ1v) is 6.08. The number of sulfonamides is 1. The Morgan fingerprint density at radius 3 is 2.80 bits per heavy atom. The fraction of sp³-hybridized carbons (Fsp3) is 0.250. The maximum atomic E-state index is 11.2. The van der Waals surface area contributed by atoms with Gasteiger partial charge >= 0.3 is 0 Å². The van der Waals surface area contributed by atoms with Crippen LogP contribution in [0.5, 0.6) is 0 Å². The van der Waals surface area contributed by atoms with Crippen molar-refractivity contribution in [2.24, 2.45) is 0 Å². The molecule has 1 aromatic rings. The molecule has 1 N–H and O–H groups in total. The summed E-state index contributed by atoms with van der Waals surface area (Å²) in [5.74, 6) is -0.0690. The van der Waals surface area contributed by atoms with Crippen molar-refractivity contribution in [2.75, 3.05) is 10.5 Å². The monoisotopic (exact) mass is 245 g/mol. The van der Waals surface area contributed by atoms with Crippen molar-refractivity contribution in [3.8, 4) is 6.07 Å². The van der Waals surface area contributed by atoms with Crippen LogP contribution in [0.15, 0.2) is 12.1 Å². The van der Waals surface area contributed by atoms with Crippen LogP contribution in [-0.2, 0) is 10.0 Å². The van der Waals surface area contributed by atoms with Gasteiger partial charge in [-0.1, -0.05) is 11.6 Å². The van der Waals surface area contributed by atoms with Crippen LogP contribution in [0.2, 0.25) is 5.15 Å². The van der Waals surface area contributed by atoms with E-state index < -0.39 is 10.0 Å². The van der Waals surface area contributed by atoms with Crippen LogP contribution in [0.25, 0.3) is 0 Å². The highest BCUT2D eigenvalue weighted by Gasteiger charge is 2.11. The summed E-state index contributed by atoms with van der Waals surface area (Å²) in [5, 5.41) is 8.85. The Balaban J connectivity index is 3.12. The van der Waals surface area contributed by atoms with Crippen molar-refractivity contribution in [1.29, 1.82) is 5.26 Å². The van der Waals surface area contributed by atoms with E-state index in [0.29, 0.717) is 0 Å². The summed E-state index contributed by atoms with van der Waals surface area (Å²) in [6.45, 7) is 1.50. The maximum absolute atomic E-state index is 11.2. The van der Waals surface area contributed by atoms with Crippen molar-refractivity contribution in [2.45, 2.75) is 6.92 Å². The number of nitrogens with one attached hydrogen (secondary N) is 1. The van der Waals surface area contributed by atoms with E-state index in [1.54, 1.807) is 6.07 Å². The van der Waals surface area contributed by atoms with E-state index in [-0.39, 0.29) is 22.3 Å². The Labute approximate surface area is 92.8 Å². The third kappa shape index (κ3) is 3.08. The number of aromatic nitrogens is 1. The molecule has 0 aromatic carbocycles. The molecule has 15 heavy (non-hydrogen) atoms. The molecule has 1 heterocycles. The lowest BCUT2D eigenvalue weighted by Gasteiger charge is -2.06. The Kier molecular flexibility index (Phi) is 3.50. The Morgan fingerprint density at radius 1 is 1.60 bits per heavy atom. The molecular weight excluding hydrogens is 238 g/mol. The molecule has 0 aliphatic heterocycles. The topological polar surface area (TPSA) is 82.8 Å². The van der Waals surface area contributed by atoms with Crippen molar-refractivity contribution in [3.05, 3.63) is 23.0 Å². The van der Waals surface area contributed by atoms with Crippen LogP contribution in [0.1, 0.15) is 12.6 Å². The van der Waals surface area contributed by atoms with E-state index in [4.69, 9.17) is 16.9 Å². The van der Waals surface area contributed by atoms with Gasteiger partial charge in [0, 0.05) is 0 Å². The lowest BCUT2D eigenvalue weighted by molar-refractivity contribution is 0.602. The van der Waals surface area contributed by atoms with Gasteiger partial charge in [0.15, 0.2) is 5.69 Å². The van der Waals surface area contributed by atoms with Crippen LogP contribution < -0.4 is 4.72 Å². The highest BCUT2D eigenvalue weighted by molar-refractivity contribution is 7.92. The van der Waals surface area contributed by atoms with Gasteiger partial charge in [-0.05, 0) is 19.1 Å². The van der Waals surface area contributed by atoms with Gasteiger partial charge in [0.2, 0.25) is 10.0 Å². The van der Waals surface area contributed by atoms with Crippen LogP contribution in [0.4, 0.5) is 5.69 Å². The minimum atomic E-state index is -3.40. The smallest absolute Gasteiger partial charge is 0.232 e. The third-order valence-electron chi connectivity index (χ3n) is 1.61. The van der Waals surface area contributed by atoms with Gasteiger partial charge < -0.3 is 0 Å². The van der Waals surface area contributed by atoms with Crippen molar-refractivity contribution in [3.63, 3.8) is 0 Å². The second kappa shape index (κ2) is 4.47. The molecule has 0 aliphatic carbocycles. The summed E-state index contributed by atoms with van der Waals surface area (Å²) in [6, 6.07) is 4.58. The number of rotatable bonds is 3. The average Bonchev–Trinajstić information content (AvgIpc) is 2.20. The summed E-state index contributed by atoms with van der Waals surface area (Å²) < 4.78 is 24.7. The predicted octanol–water partition coefficient (Wildman–Crippen LogP) is 1.37. The van der Waals surface area contributed by atoms with Gasteiger partial charge in [0.05, 0.1) is 11.4 Å². The molecule has 1 aromatic heterocycles. The van der Waals surface area contributed by atoms with Crippen molar-refractivity contribution in [1.82, 2.24) is 4.98 Å². The normalized spacial score (nSPS) is 10.7. The zero-order chi connectivity index (χ0) is 11.5. The summed E-state index contributed by atoms with van der Waals surface area (Å²) in [6.07, 6.45) is 0. The van der Waals surface area contributed by atoms with Crippen molar-refractivity contribution >= 4 is 27.3 Å². The minimum Gasteiger partial charge on any atom is -0.281 e. The molecule has 0 atom stereocenters. The van der Waals surface area contributed by atoms with E-state index in [1.807, 2.05) is 0 Å². The number of anilines is 1. The molecule has 0 saturated carbocycles. The second-order valence-electron chi connectivity index (χ2n) is 2.65. The fourth-order valence-electron chi connectivity index (χ4n) is 0.843. The van der Waals surface area contributed by atoms with Gasteiger partial charge in [0.1, 0.15) is 11.2 Å². The fourth-order valence-corrected chi connectivity index (χ4v) is 1.63. The summed E-state index contributed by atoms with van der Waals surface area (Å²) in [4.78, 5) is 3.69. The number of halogens is 1. The molecular formula is C8H8ClN3O2S. The summed E-state index contributed by atoms with van der Waals surface area (Å²) in [7, 11) is -3.40. The van der Waals surface area contributed by atoms with E-state index in [1.165, 1.54) is 19.1 Å². The first kappa shape index (κ1) is 11.8. The first-order valence-electron chi connectivity index (χ1n) is 4.05. The van der Waals surface area contributed by atoms with Crippen LogP contribution >= 0.6 is 11.6 Å². The first-order chi connectivity index (χ1) is 6.98. The standard InChI is InChI=1S/C8H8ClN3O2S/c1-2-15(13,14)12-6-3-4-8(9)11-7(6)5-10/h3-4,12H,2H2,1H3. The summed E-state index contributed by atoms with van der Waals surface area (Å²) in [5.41, 5.74) is 0.100. The van der Waals surface area contributed by atoms with Gasteiger partial charge in [-0.15, -0.1) is 0 Å². The predicted molar refractivity (Wildman–Crippen MR) is 57.0 cm³/mol. The minimum absolute atomic E-state index is 0.0421. The van der Waals surface area contributed by atoms with E-state index in [9.17, 15) is 8.42 Å². The maximum Gasteiger partial charge on any atom is 0.232 e. The Morgan fingerprint density at radius 2 is 2.27 bits per heavy atom. The molecule has 1 rings (SSSR count). The van der Waals surface area contributed by atoms with Crippen LogP contribution in [0, 0.1) is 11.3 Å². The lowest BCUT2D eigenvalue weighted by Crippen LogP contribution is -2.15. The largest absolute Gasteiger partial charge is 0.281 e. The molecule has 0 bridgehead atoms. The molecule has 0 saturated heterocycles. The Bertz CT molecular complexity index is 507. The van der Waals surface area contributed by atoms with E-state index >= 15 is 0 Å². The van der Waals surface area contributed by atoms with Gasteiger partial charge in [-0.25, -0.2) is 13.4 Å². The molecule has 0 spiro atoms. The third-order valence-corrected chi connectivity index (χ3v) is 3.11. The number of nitrogens with zero attached hydrogens (tertiary/aromatic N) is 2. The number of pyridine rings is 1. The number of hydrogen-bond donors (Lipinski definition) is 1. The number of nitriles is 1. The molecule has 80 valence electrons. The van der Waals surface area contributed by atoms with Crippen LogP contribution in [0.3, 0.4) is 0 Å². The quantitative estimate of drug-likeness (QED) is 0.816.